The molecule has 2 amide bonds. The molecule has 0 saturated heterocycles. The van der Waals surface area contributed by atoms with Crippen molar-refractivity contribution in [3.05, 3.63) is 54.1 Å². The van der Waals surface area contributed by atoms with E-state index in [9.17, 15) is 14.4 Å². The standard InChI is InChI=1S/C22H27N3O4/c1-3-4-5-9-20(26)25-19-8-6-7-18(14-19)23-15-21(27)24-17-12-10-16(11-13-17)22(28)29-2/h6-8,10-14,23H,3-5,9,15H2,1-2H3,(H,24,27)(H,25,26). The number of benzene rings is 2. The molecule has 0 atom stereocenters. The molecule has 2 rings (SSSR count). The summed E-state index contributed by atoms with van der Waals surface area (Å²) in [6.45, 7) is 2.16. The molecule has 0 aliphatic carbocycles. The van der Waals surface area contributed by atoms with Gasteiger partial charge in [-0.2, -0.15) is 0 Å². The van der Waals surface area contributed by atoms with Gasteiger partial charge >= 0.3 is 5.97 Å². The van der Waals surface area contributed by atoms with Crippen molar-refractivity contribution in [3.63, 3.8) is 0 Å². The molecule has 3 N–H and O–H groups in total. The Hall–Kier alpha value is -3.35. The van der Waals surface area contributed by atoms with Crippen LogP contribution in [0.4, 0.5) is 17.1 Å². The molecule has 2 aromatic carbocycles. The number of carbonyl (C=O) groups is 3. The molecule has 0 aliphatic rings. The number of ether oxygens (including phenoxy) is 1. The van der Waals surface area contributed by atoms with Crippen LogP contribution < -0.4 is 16.0 Å². The van der Waals surface area contributed by atoms with E-state index < -0.39 is 5.97 Å². The highest BCUT2D eigenvalue weighted by molar-refractivity contribution is 5.95. The van der Waals surface area contributed by atoms with Crippen molar-refractivity contribution >= 4 is 34.8 Å². The highest BCUT2D eigenvalue weighted by Gasteiger charge is 2.07. The summed E-state index contributed by atoms with van der Waals surface area (Å²) in [5.41, 5.74) is 2.41. The Morgan fingerprint density at radius 3 is 2.24 bits per heavy atom. The van der Waals surface area contributed by atoms with Gasteiger partial charge in [0, 0.05) is 23.5 Å². The Balaban J connectivity index is 1.82. The number of hydrogen-bond donors (Lipinski definition) is 3. The summed E-state index contributed by atoms with van der Waals surface area (Å²) in [6.07, 6.45) is 3.49. The Labute approximate surface area is 170 Å². The molecular weight excluding hydrogens is 370 g/mol. The van der Waals surface area contributed by atoms with E-state index in [1.165, 1.54) is 7.11 Å². The van der Waals surface area contributed by atoms with Gasteiger partial charge < -0.3 is 20.7 Å². The number of rotatable bonds is 10. The van der Waals surface area contributed by atoms with E-state index >= 15 is 0 Å². The zero-order valence-corrected chi connectivity index (χ0v) is 16.8. The maximum atomic E-state index is 12.1. The van der Waals surface area contributed by atoms with Gasteiger partial charge in [-0.05, 0) is 48.9 Å². The minimum Gasteiger partial charge on any atom is -0.465 e. The lowest BCUT2D eigenvalue weighted by Crippen LogP contribution is -2.21. The van der Waals surface area contributed by atoms with Crippen molar-refractivity contribution in [2.75, 3.05) is 29.6 Å². The van der Waals surface area contributed by atoms with Crippen LogP contribution in [-0.4, -0.2) is 31.4 Å². The number of carbonyl (C=O) groups excluding carboxylic acids is 3. The second-order valence-corrected chi connectivity index (χ2v) is 6.56. The number of methoxy groups -OCH3 is 1. The summed E-state index contributed by atoms with van der Waals surface area (Å²) >= 11 is 0. The Morgan fingerprint density at radius 2 is 1.55 bits per heavy atom. The quantitative estimate of drug-likeness (QED) is 0.415. The van der Waals surface area contributed by atoms with Crippen molar-refractivity contribution < 1.29 is 19.1 Å². The number of nitrogens with one attached hydrogen (secondary N) is 3. The lowest BCUT2D eigenvalue weighted by atomic mass is 10.2. The van der Waals surface area contributed by atoms with Gasteiger partial charge in [0.15, 0.2) is 0 Å². The fourth-order valence-corrected chi connectivity index (χ4v) is 2.66. The smallest absolute Gasteiger partial charge is 0.337 e. The van der Waals surface area contributed by atoms with Crippen LogP contribution >= 0.6 is 0 Å². The summed E-state index contributed by atoms with van der Waals surface area (Å²) in [7, 11) is 1.32. The van der Waals surface area contributed by atoms with E-state index in [0.29, 0.717) is 23.4 Å². The maximum Gasteiger partial charge on any atom is 0.337 e. The summed E-state index contributed by atoms with van der Waals surface area (Å²) in [4.78, 5) is 35.5. The Morgan fingerprint density at radius 1 is 0.862 bits per heavy atom. The number of hydrogen-bond acceptors (Lipinski definition) is 5. The van der Waals surface area contributed by atoms with Crippen molar-refractivity contribution in [1.82, 2.24) is 0 Å². The lowest BCUT2D eigenvalue weighted by molar-refractivity contribution is -0.116. The molecule has 7 nitrogen and oxygen atoms in total. The van der Waals surface area contributed by atoms with E-state index in [-0.39, 0.29) is 18.4 Å². The average Bonchev–Trinajstić information content (AvgIpc) is 2.73. The van der Waals surface area contributed by atoms with Crippen LogP contribution in [0.5, 0.6) is 0 Å². The highest BCUT2D eigenvalue weighted by atomic mass is 16.5. The minimum absolute atomic E-state index is 0.0104. The normalized spacial score (nSPS) is 10.1. The number of unbranched alkanes of at least 4 members (excludes halogenated alkanes) is 2. The third-order valence-electron chi connectivity index (χ3n) is 4.20. The largest absolute Gasteiger partial charge is 0.465 e. The van der Waals surface area contributed by atoms with E-state index in [1.807, 2.05) is 18.2 Å². The lowest BCUT2D eigenvalue weighted by Gasteiger charge is -2.10. The van der Waals surface area contributed by atoms with Crippen LogP contribution in [0.1, 0.15) is 43.0 Å². The van der Waals surface area contributed by atoms with Crippen molar-refractivity contribution in [1.29, 1.82) is 0 Å². The first-order valence-electron chi connectivity index (χ1n) is 9.64. The number of esters is 1. The molecule has 7 heteroatoms. The van der Waals surface area contributed by atoms with E-state index in [1.54, 1.807) is 30.3 Å². The summed E-state index contributed by atoms with van der Waals surface area (Å²) in [5, 5.41) is 8.65. The third kappa shape index (κ3) is 7.65. The molecule has 0 fully saturated rings. The summed E-state index contributed by atoms with van der Waals surface area (Å²) in [5.74, 6) is -0.671. The molecule has 29 heavy (non-hydrogen) atoms. The number of amides is 2. The van der Waals surface area contributed by atoms with Crippen molar-refractivity contribution in [3.8, 4) is 0 Å². The van der Waals surface area contributed by atoms with Crippen LogP contribution in [0.3, 0.4) is 0 Å². The molecule has 0 bridgehead atoms. The highest BCUT2D eigenvalue weighted by Crippen LogP contribution is 2.16. The monoisotopic (exact) mass is 397 g/mol. The molecule has 0 radical (unpaired) electrons. The Kier molecular flexibility index (Phi) is 8.69. The van der Waals surface area contributed by atoms with Crippen LogP contribution in [0.15, 0.2) is 48.5 Å². The molecule has 0 saturated carbocycles. The van der Waals surface area contributed by atoms with Gasteiger partial charge in [-0.3, -0.25) is 9.59 Å². The third-order valence-corrected chi connectivity index (χ3v) is 4.20. The molecule has 154 valence electrons. The fraction of sp³-hybridized carbons (Fsp3) is 0.318. The van der Waals surface area contributed by atoms with Crippen LogP contribution in [0.2, 0.25) is 0 Å². The first kappa shape index (κ1) is 21.9. The summed E-state index contributed by atoms with van der Waals surface area (Å²) in [6, 6.07) is 13.7. The second-order valence-electron chi connectivity index (χ2n) is 6.56. The zero-order valence-electron chi connectivity index (χ0n) is 16.8. The Bertz CT molecular complexity index is 834. The van der Waals surface area contributed by atoms with Crippen molar-refractivity contribution in [2.45, 2.75) is 32.6 Å². The van der Waals surface area contributed by atoms with Crippen LogP contribution in [0, 0.1) is 0 Å². The van der Waals surface area contributed by atoms with Gasteiger partial charge in [0.2, 0.25) is 11.8 Å². The molecule has 0 spiro atoms. The molecular formula is C22H27N3O4. The second kappa shape index (κ2) is 11.5. The summed E-state index contributed by atoms with van der Waals surface area (Å²) < 4.78 is 4.64. The topological polar surface area (TPSA) is 96.5 Å². The van der Waals surface area contributed by atoms with Gasteiger partial charge in [-0.15, -0.1) is 0 Å². The maximum absolute atomic E-state index is 12.1. The predicted molar refractivity (Wildman–Crippen MR) is 114 cm³/mol. The van der Waals surface area contributed by atoms with Crippen LogP contribution in [-0.2, 0) is 14.3 Å². The van der Waals surface area contributed by atoms with Gasteiger partial charge in [0.25, 0.3) is 0 Å². The molecule has 0 aliphatic heterocycles. The fourth-order valence-electron chi connectivity index (χ4n) is 2.66. The number of anilines is 3. The van der Waals surface area contributed by atoms with Gasteiger partial charge in [-0.1, -0.05) is 25.8 Å². The zero-order chi connectivity index (χ0) is 21.1. The molecule has 2 aromatic rings. The minimum atomic E-state index is -0.429. The van der Waals surface area contributed by atoms with E-state index in [4.69, 9.17) is 0 Å². The molecule has 0 unspecified atom stereocenters. The SMILES string of the molecule is CCCCCC(=O)Nc1cccc(NCC(=O)Nc2ccc(C(=O)OC)cc2)c1. The van der Waals surface area contributed by atoms with Gasteiger partial charge in [-0.25, -0.2) is 4.79 Å². The average molecular weight is 397 g/mol. The van der Waals surface area contributed by atoms with E-state index in [0.717, 1.165) is 24.9 Å². The molecule has 0 aromatic heterocycles. The van der Waals surface area contributed by atoms with Crippen LogP contribution in [0.25, 0.3) is 0 Å². The first-order chi connectivity index (χ1) is 14.0. The van der Waals surface area contributed by atoms with E-state index in [2.05, 4.69) is 27.6 Å². The predicted octanol–water partition coefficient (Wildman–Crippen LogP) is 4.04. The van der Waals surface area contributed by atoms with Gasteiger partial charge in [0.05, 0.1) is 19.2 Å². The van der Waals surface area contributed by atoms with Gasteiger partial charge in [0.1, 0.15) is 0 Å². The van der Waals surface area contributed by atoms with Crippen molar-refractivity contribution in [2.24, 2.45) is 0 Å². The first-order valence-corrected chi connectivity index (χ1v) is 9.64. The molecule has 0 heterocycles.